The van der Waals surface area contributed by atoms with Gasteiger partial charge in [0, 0.05) is 33.4 Å². The number of aromatic nitrogens is 2. The van der Waals surface area contributed by atoms with Gasteiger partial charge in [0.15, 0.2) is 5.11 Å². The number of nitrogens with one attached hydrogen (secondary N) is 1. The summed E-state index contributed by atoms with van der Waals surface area (Å²) in [6, 6.07) is 24.6. The van der Waals surface area contributed by atoms with E-state index >= 15 is 0 Å². The van der Waals surface area contributed by atoms with Crippen molar-refractivity contribution in [1.82, 2.24) is 14.9 Å². The summed E-state index contributed by atoms with van der Waals surface area (Å²) in [6.45, 7) is 6.95. The highest BCUT2D eigenvalue weighted by Crippen LogP contribution is 2.44. The van der Waals surface area contributed by atoms with E-state index in [0.29, 0.717) is 11.7 Å². The molecule has 178 valence electrons. The molecular weight excluding hydrogens is 520 g/mol. The summed E-state index contributed by atoms with van der Waals surface area (Å²) in [5.41, 5.74) is 6.64. The lowest BCUT2D eigenvalue weighted by Crippen LogP contribution is -2.29. The number of hydrogen-bond donors (Lipinski definition) is 1. The first-order valence-electron chi connectivity index (χ1n) is 11.7. The van der Waals surface area contributed by atoms with Crippen LogP contribution in [0.25, 0.3) is 5.69 Å². The van der Waals surface area contributed by atoms with Crippen LogP contribution in [0.5, 0.6) is 5.75 Å². The molecule has 35 heavy (non-hydrogen) atoms. The van der Waals surface area contributed by atoms with Gasteiger partial charge in [-0.25, -0.2) is 0 Å². The Morgan fingerprint density at radius 1 is 1.00 bits per heavy atom. The first-order valence-corrected chi connectivity index (χ1v) is 12.9. The van der Waals surface area contributed by atoms with Crippen molar-refractivity contribution < 1.29 is 4.74 Å². The fourth-order valence-corrected chi connectivity index (χ4v) is 5.65. The molecule has 0 amide bonds. The van der Waals surface area contributed by atoms with E-state index in [-0.39, 0.29) is 12.1 Å². The molecule has 0 aliphatic carbocycles. The molecule has 4 aromatic rings. The van der Waals surface area contributed by atoms with E-state index in [1.54, 1.807) is 0 Å². The number of benzene rings is 2. The van der Waals surface area contributed by atoms with Gasteiger partial charge < -0.3 is 19.5 Å². The summed E-state index contributed by atoms with van der Waals surface area (Å²) in [6.07, 6.45) is 1.83. The topological polar surface area (TPSA) is 42.3 Å². The molecule has 1 fully saturated rings. The molecule has 1 aliphatic heterocycles. The number of pyridine rings is 1. The summed E-state index contributed by atoms with van der Waals surface area (Å²) in [4.78, 5) is 6.89. The van der Waals surface area contributed by atoms with Crippen LogP contribution >= 0.6 is 28.1 Å². The predicted octanol–water partition coefficient (Wildman–Crippen LogP) is 6.83. The van der Waals surface area contributed by atoms with Crippen LogP contribution in [0.3, 0.4) is 0 Å². The summed E-state index contributed by atoms with van der Waals surface area (Å²) >= 11 is 9.52. The maximum atomic E-state index is 5.90. The Bertz CT molecular complexity index is 1350. The van der Waals surface area contributed by atoms with Crippen LogP contribution in [-0.4, -0.2) is 21.3 Å². The molecule has 1 aliphatic rings. The number of ether oxygens (including phenoxy) is 1. The smallest absolute Gasteiger partial charge is 0.174 e. The third-order valence-electron chi connectivity index (χ3n) is 6.38. The molecule has 0 radical (unpaired) electrons. The second-order valence-corrected chi connectivity index (χ2v) is 9.87. The average molecular weight is 548 g/mol. The molecule has 5 rings (SSSR count). The molecular formula is C28H27BrN4OS. The minimum atomic E-state index is -0.0910. The van der Waals surface area contributed by atoms with Crippen molar-refractivity contribution in [2.75, 3.05) is 11.5 Å². The third kappa shape index (κ3) is 4.46. The number of rotatable bonds is 6. The second kappa shape index (κ2) is 9.84. The van der Waals surface area contributed by atoms with Gasteiger partial charge in [-0.15, -0.1) is 0 Å². The molecule has 7 heteroatoms. The van der Waals surface area contributed by atoms with Gasteiger partial charge in [-0.1, -0.05) is 28.1 Å². The molecule has 1 saturated heterocycles. The summed E-state index contributed by atoms with van der Waals surface area (Å²) < 4.78 is 9.01. The summed E-state index contributed by atoms with van der Waals surface area (Å²) in [5.74, 6) is 0.847. The molecule has 0 saturated carbocycles. The first-order chi connectivity index (χ1) is 17.0. The fraction of sp³-hybridized carbons (Fsp3) is 0.214. The van der Waals surface area contributed by atoms with E-state index in [2.05, 4.69) is 92.0 Å². The van der Waals surface area contributed by atoms with Gasteiger partial charge in [0.2, 0.25) is 0 Å². The van der Waals surface area contributed by atoms with E-state index in [9.17, 15) is 0 Å². The van der Waals surface area contributed by atoms with Crippen molar-refractivity contribution in [2.45, 2.75) is 32.9 Å². The second-order valence-electron chi connectivity index (χ2n) is 8.57. The normalized spacial score (nSPS) is 17.5. The van der Waals surface area contributed by atoms with Gasteiger partial charge in [-0.2, -0.15) is 0 Å². The molecule has 2 atom stereocenters. The van der Waals surface area contributed by atoms with Gasteiger partial charge in [0.25, 0.3) is 0 Å². The molecule has 2 aromatic carbocycles. The van der Waals surface area contributed by atoms with E-state index < -0.39 is 0 Å². The average Bonchev–Trinajstić information content (AvgIpc) is 3.35. The van der Waals surface area contributed by atoms with E-state index in [4.69, 9.17) is 17.0 Å². The van der Waals surface area contributed by atoms with Crippen LogP contribution in [0, 0.1) is 13.8 Å². The molecule has 1 N–H and O–H groups in total. The highest BCUT2D eigenvalue weighted by atomic mass is 79.9. The van der Waals surface area contributed by atoms with E-state index in [1.165, 1.54) is 17.0 Å². The Labute approximate surface area is 219 Å². The zero-order valence-electron chi connectivity index (χ0n) is 19.9. The van der Waals surface area contributed by atoms with Crippen LogP contribution in [-0.2, 0) is 0 Å². The van der Waals surface area contributed by atoms with Gasteiger partial charge in [-0.3, -0.25) is 4.98 Å². The van der Waals surface area contributed by atoms with Crippen LogP contribution in [0.2, 0.25) is 0 Å². The Morgan fingerprint density at radius 2 is 1.80 bits per heavy atom. The van der Waals surface area contributed by atoms with Crippen molar-refractivity contribution in [1.29, 1.82) is 0 Å². The van der Waals surface area contributed by atoms with Crippen LogP contribution in [0.15, 0.2) is 83.5 Å². The maximum absolute atomic E-state index is 5.90. The quantitative estimate of drug-likeness (QED) is 0.268. The number of nitrogens with zero attached hydrogens (tertiary/aromatic N) is 3. The van der Waals surface area contributed by atoms with Gasteiger partial charge >= 0.3 is 0 Å². The van der Waals surface area contributed by atoms with Crippen molar-refractivity contribution in [3.63, 3.8) is 0 Å². The largest absolute Gasteiger partial charge is 0.494 e. The minimum absolute atomic E-state index is 0.0672. The molecule has 2 aromatic heterocycles. The highest BCUT2D eigenvalue weighted by molar-refractivity contribution is 9.10. The van der Waals surface area contributed by atoms with Crippen LogP contribution in [0.4, 0.5) is 5.69 Å². The first kappa shape index (κ1) is 23.6. The van der Waals surface area contributed by atoms with E-state index in [0.717, 1.165) is 27.3 Å². The lowest BCUT2D eigenvalue weighted by atomic mass is 9.96. The zero-order valence-corrected chi connectivity index (χ0v) is 22.3. The molecule has 0 bridgehead atoms. The lowest BCUT2D eigenvalue weighted by molar-refractivity contribution is 0.340. The van der Waals surface area contributed by atoms with Crippen molar-refractivity contribution in [2.24, 2.45) is 0 Å². The van der Waals surface area contributed by atoms with Crippen molar-refractivity contribution in [3.05, 3.63) is 106 Å². The highest BCUT2D eigenvalue weighted by Gasteiger charge is 2.42. The maximum Gasteiger partial charge on any atom is 0.174 e. The Morgan fingerprint density at radius 3 is 2.49 bits per heavy atom. The van der Waals surface area contributed by atoms with Gasteiger partial charge in [0.1, 0.15) is 5.75 Å². The summed E-state index contributed by atoms with van der Waals surface area (Å²) in [5, 5.41) is 4.24. The zero-order chi connectivity index (χ0) is 24.5. The molecule has 5 nitrogen and oxygen atoms in total. The number of anilines is 1. The van der Waals surface area contributed by atoms with Crippen LogP contribution in [0.1, 0.15) is 41.7 Å². The van der Waals surface area contributed by atoms with Crippen LogP contribution < -0.4 is 15.0 Å². The molecule has 0 unspecified atom stereocenters. The Balaban J connectivity index is 1.64. The molecule has 3 heterocycles. The fourth-order valence-electron chi connectivity index (χ4n) is 4.92. The number of halogens is 1. The predicted molar refractivity (Wildman–Crippen MR) is 148 cm³/mol. The molecule has 0 spiro atoms. The van der Waals surface area contributed by atoms with Crippen molar-refractivity contribution >= 4 is 38.9 Å². The number of hydrogen-bond acceptors (Lipinski definition) is 3. The number of thiocarbonyl (C=S) groups is 1. The third-order valence-corrected chi connectivity index (χ3v) is 7.19. The van der Waals surface area contributed by atoms with Gasteiger partial charge in [-0.05, 0) is 99.2 Å². The summed E-state index contributed by atoms with van der Waals surface area (Å²) in [7, 11) is 0. The monoisotopic (exact) mass is 546 g/mol. The standard InChI is InChI=1S/C28H27BrN4OS/c1-4-34-23-13-11-21(12-14-23)33-27(26(31-28(33)35)25-10-5-6-15-30-25)24-16-18(2)32(19(24)3)22-9-7-8-20(29)17-22/h5-17,26-27H,4H2,1-3H3,(H,31,35)/t26-,27+/m1/s1. The number of aryl methyl sites for hydroxylation is 1. The minimum Gasteiger partial charge on any atom is -0.494 e. The van der Waals surface area contributed by atoms with E-state index in [1.807, 2.05) is 43.5 Å². The van der Waals surface area contributed by atoms with Gasteiger partial charge in [0.05, 0.1) is 24.4 Å². The van der Waals surface area contributed by atoms with Crippen molar-refractivity contribution in [3.8, 4) is 11.4 Å². The Hall–Kier alpha value is -3.16. The SMILES string of the molecule is CCOc1ccc(N2C(=S)N[C@H](c3ccccn3)[C@@H]2c2cc(C)n(-c3cccc(Br)c3)c2C)cc1. The lowest BCUT2D eigenvalue weighted by Gasteiger charge is -2.28. The Kier molecular flexibility index (Phi) is 6.62.